The van der Waals surface area contributed by atoms with Crippen molar-refractivity contribution in [3.05, 3.63) is 75.9 Å². The van der Waals surface area contributed by atoms with E-state index in [2.05, 4.69) is 10.3 Å². The number of nitrogens with one attached hydrogen (secondary N) is 1. The lowest BCUT2D eigenvalue weighted by Crippen LogP contribution is -2.35. The van der Waals surface area contributed by atoms with Gasteiger partial charge in [0.1, 0.15) is 5.69 Å². The van der Waals surface area contributed by atoms with Crippen molar-refractivity contribution in [2.75, 3.05) is 20.6 Å². The Labute approximate surface area is 168 Å². The van der Waals surface area contributed by atoms with Gasteiger partial charge in [0.25, 0.3) is 5.91 Å². The maximum absolute atomic E-state index is 12.9. The fraction of sp³-hybridized carbons (Fsp3) is 0.238. The van der Waals surface area contributed by atoms with Crippen LogP contribution in [0.5, 0.6) is 0 Å². The van der Waals surface area contributed by atoms with Gasteiger partial charge >= 0.3 is 0 Å². The van der Waals surface area contributed by atoms with Crippen molar-refractivity contribution in [2.45, 2.75) is 13.0 Å². The van der Waals surface area contributed by atoms with E-state index in [1.807, 2.05) is 80.5 Å². The molecule has 1 unspecified atom stereocenters. The molecule has 1 amide bonds. The number of aromatic nitrogens is 1. The molecule has 0 aliphatic rings. The predicted molar refractivity (Wildman–Crippen MR) is 113 cm³/mol. The Bertz CT molecular complexity index is 924. The van der Waals surface area contributed by atoms with E-state index in [1.165, 1.54) is 11.3 Å². The molecule has 27 heavy (non-hydrogen) atoms. The molecule has 0 aliphatic carbocycles. The standard InChI is InChI=1S/C21H22ClN3OS/c1-14-24-19(20(27-14)15-9-5-4-6-10-15)21(26)23-13-18(25(2)3)16-11-7-8-12-17(16)22/h4-12,18H,13H2,1-3H3,(H,23,26). The molecule has 0 bridgehead atoms. The molecule has 4 nitrogen and oxygen atoms in total. The molecule has 0 spiro atoms. The van der Waals surface area contributed by atoms with Gasteiger partial charge in [-0.25, -0.2) is 4.98 Å². The molecular formula is C21H22ClN3OS. The Morgan fingerprint density at radius 2 is 1.81 bits per heavy atom. The molecular weight excluding hydrogens is 378 g/mol. The zero-order valence-electron chi connectivity index (χ0n) is 15.6. The number of hydrogen-bond acceptors (Lipinski definition) is 4. The predicted octanol–water partition coefficient (Wildman–Crippen LogP) is 4.80. The number of benzene rings is 2. The van der Waals surface area contributed by atoms with E-state index in [1.54, 1.807) is 0 Å². The molecule has 3 aromatic rings. The number of carbonyl (C=O) groups is 1. The molecule has 3 rings (SSSR count). The first-order valence-electron chi connectivity index (χ1n) is 8.69. The average molecular weight is 400 g/mol. The summed E-state index contributed by atoms with van der Waals surface area (Å²) in [6.45, 7) is 2.36. The molecule has 0 saturated carbocycles. The third-order valence-electron chi connectivity index (χ3n) is 4.33. The van der Waals surface area contributed by atoms with Crippen molar-refractivity contribution in [1.29, 1.82) is 0 Å². The zero-order chi connectivity index (χ0) is 19.4. The summed E-state index contributed by atoms with van der Waals surface area (Å²) in [4.78, 5) is 20.3. The molecule has 1 aromatic heterocycles. The van der Waals surface area contributed by atoms with Gasteiger partial charge in [-0.05, 0) is 38.2 Å². The van der Waals surface area contributed by atoms with E-state index in [-0.39, 0.29) is 11.9 Å². The van der Waals surface area contributed by atoms with Crippen LogP contribution in [0.1, 0.15) is 27.1 Å². The average Bonchev–Trinajstić information content (AvgIpc) is 3.05. The second-order valence-corrected chi connectivity index (χ2v) is 8.10. The van der Waals surface area contributed by atoms with Crippen LogP contribution in [0.25, 0.3) is 10.4 Å². The highest BCUT2D eigenvalue weighted by Crippen LogP contribution is 2.30. The van der Waals surface area contributed by atoms with Gasteiger partial charge in [-0.2, -0.15) is 0 Å². The van der Waals surface area contributed by atoms with Crippen molar-refractivity contribution in [3.63, 3.8) is 0 Å². The number of rotatable bonds is 6. The summed E-state index contributed by atoms with van der Waals surface area (Å²) in [5.41, 5.74) is 2.46. The van der Waals surface area contributed by atoms with Crippen LogP contribution in [0.15, 0.2) is 54.6 Å². The third-order valence-corrected chi connectivity index (χ3v) is 5.69. The van der Waals surface area contributed by atoms with Gasteiger partial charge < -0.3 is 10.2 Å². The molecule has 1 N–H and O–H groups in total. The smallest absolute Gasteiger partial charge is 0.271 e. The Balaban J connectivity index is 1.81. The summed E-state index contributed by atoms with van der Waals surface area (Å²) in [6, 6.07) is 17.6. The molecule has 0 saturated heterocycles. The summed E-state index contributed by atoms with van der Waals surface area (Å²) in [5, 5.41) is 4.60. The second-order valence-electron chi connectivity index (χ2n) is 6.49. The summed E-state index contributed by atoms with van der Waals surface area (Å²) in [6.07, 6.45) is 0. The minimum Gasteiger partial charge on any atom is -0.349 e. The van der Waals surface area contributed by atoms with Crippen LogP contribution in [-0.2, 0) is 0 Å². The molecule has 2 aromatic carbocycles. The number of thiazole rings is 1. The number of carbonyl (C=O) groups excluding carboxylic acids is 1. The lowest BCUT2D eigenvalue weighted by atomic mass is 10.1. The topological polar surface area (TPSA) is 45.2 Å². The van der Waals surface area contributed by atoms with Crippen molar-refractivity contribution in [3.8, 4) is 10.4 Å². The SMILES string of the molecule is Cc1nc(C(=O)NCC(c2ccccc2Cl)N(C)C)c(-c2ccccc2)s1. The van der Waals surface area contributed by atoms with Crippen LogP contribution in [0.2, 0.25) is 5.02 Å². The fourth-order valence-corrected chi connectivity index (χ4v) is 4.14. The van der Waals surface area contributed by atoms with E-state index < -0.39 is 0 Å². The van der Waals surface area contributed by atoms with E-state index in [0.29, 0.717) is 17.3 Å². The lowest BCUT2D eigenvalue weighted by Gasteiger charge is -2.25. The van der Waals surface area contributed by atoms with Crippen LogP contribution in [0.4, 0.5) is 0 Å². The van der Waals surface area contributed by atoms with Gasteiger partial charge in [0.05, 0.1) is 15.9 Å². The first-order chi connectivity index (χ1) is 13.0. The highest BCUT2D eigenvalue weighted by molar-refractivity contribution is 7.15. The van der Waals surface area contributed by atoms with Gasteiger partial charge in [0, 0.05) is 11.6 Å². The van der Waals surface area contributed by atoms with Crippen molar-refractivity contribution in [1.82, 2.24) is 15.2 Å². The van der Waals surface area contributed by atoms with Crippen molar-refractivity contribution < 1.29 is 4.79 Å². The van der Waals surface area contributed by atoms with E-state index in [4.69, 9.17) is 11.6 Å². The summed E-state index contributed by atoms with van der Waals surface area (Å²) < 4.78 is 0. The van der Waals surface area contributed by atoms with Gasteiger partial charge in [0.15, 0.2) is 0 Å². The van der Waals surface area contributed by atoms with Gasteiger partial charge in [-0.1, -0.05) is 60.1 Å². The maximum atomic E-state index is 12.9. The minimum absolute atomic E-state index is 0.0254. The van der Waals surface area contributed by atoms with E-state index in [0.717, 1.165) is 21.0 Å². The van der Waals surface area contributed by atoms with Gasteiger partial charge in [-0.3, -0.25) is 4.79 Å². The quantitative estimate of drug-likeness (QED) is 0.647. The van der Waals surface area contributed by atoms with Crippen molar-refractivity contribution in [2.24, 2.45) is 0 Å². The highest BCUT2D eigenvalue weighted by Gasteiger charge is 2.21. The van der Waals surface area contributed by atoms with Gasteiger partial charge in [0.2, 0.25) is 0 Å². The second kappa shape index (κ2) is 8.65. The Morgan fingerprint density at radius 1 is 1.15 bits per heavy atom. The lowest BCUT2D eigenvalue weighted by molar-refractivity contribution is 0.0938. The van der Waals surface area contributed by atoms with Crippen molar-refractivity contribution >= 4 is 28.8 Å². The Kier molecular flexibility index (Phi) is 6.26. The summed E-state index contributed by atoms with van der Waals surface area (Å²) >= 11 is 7.89. The summed E-state index contributed by atoms with van der Waals surface area (Å²) in [5.74, 6) is -0.169. The largest absolute Gasteiger partial charge is 0.349 e. The first-order valence-corrected chi connectivity index (χ1v) is 9.88. The van der Waals surface area contributed by atoms with Gasteiger partial charge in [-0.15, -0.1) is 11.3 Å². The maximum Gasteiger partial charge on any atom is 0.271 e. The number of likely N-dealkylation sites (N-methyl/N-ethyl adjacent to an activating group) is 1. The number of amides is 1. The number of hydrogen-bond donors (Lipinski definition) is 1. The molecule has 140 valence electrons. The molecule has 6 heteroatoms. The molecule has 1 atom stereocenters. The molecule has 0 fully saturated rings. The Morgan fingerprint density at radius 3 is 2.48 bits per heavy atom. The van der Waals surface area contributed by atoms with E-state index >= 15 is 0 Å². The molecule has 0 radical (unpaired) electrons. The van der Waals surface area contributed by atoms with E-state index in [9.17, 15) is 4.79 Å². The zero-order valence-corrected chi connectivity index (χ0v) is 17.1. The summed E-state index contributed by atoms with van der Waals surface area (Å²) in [7, 11) is 3.95. The Hall–Kier alpha value is -2.21. The number of halogens is 1. The van der Waals surface area contributed by atoms with Crippen LogP contribution < -0.4 is 5.32 Å². The van der Waals surface area contributed by atoms with Crippen LogP contribution in [0.3, 0.4) is 0 Å². The van der Waals surface area contributed by atoms with Crippen LogP contribution in [-0.4, -0.2) is 36.4 Å². The fourth-order valence-electron chi connectivity index (χ4n) is 2.96. The third kappa shape index (κ3) is 4.56. The van der Waals surface area contributed by atoms with Crippen LogP contribution >= 0.6 is 22.9 Å². The normalized spacial score (nSPS) is 12.2. The van der Waals surface area contributed by atoms with Crippen LogP contribution in [0, 0.1) is 6.92 Å². The number of aryl methyl sites for hydroxylation is 1. The molecule has 0 aliphatic heterocycles. The minimum atomic E-state index is -0.169. The first kappa shape index (κ1) is 19.5. The number of nitrogens with zero attached hydrogens (tertiary/aromatic N) is 2. The molecule has 1 heterocycles. The monoisotopic (exact) mass is 399 g/mol. The highest BCUT2D eigenvalue weighted by atomic mass is 35.5.